The van der Waals surface area contributed by atoms with Gasteiger partial charge in [-0.25, -0.2) is 4.98 Å². The van der Waals surface area contributed by atoms with Gasteiger partial charge in [0.05, 0.1) is 17.6 Å². The highest BCUT2D eigenvalue weighted by molar-refractivity contribution is 9.10. The second-order valence-electron chi connectivity index (χ2n) is 8.41. The number of hydrogen-bond acceptors (Lipinski definition) is 3. The number of hydrogen-bond donors (Lipinski definition) is 1. The van der Waals surface area contributed by atoms with Crippen molar-refractivity contribution in [1.82, 2.24) is 14.9 Å². The zero-order valence-electron chi connectivity index (χ0n) is 19.5. The van der Waals surface area contributed by atoms with Crippen LogP contribution in [0.15, 0.2) is 77.3 Å². The molecule has 5 nitrogen and oxygen atoms in total. The standard InChI is InChI=1S/C28H30BrN3O2/c1-21-13-15-24(16-14-21)34-19-5-4-18-32-26-11-3-2-10-25(26)31-27(32)12-7-17-30-28(33)22-8-6-9-23(29)20-22/h2-3,6,8-11,13-16,20H,4-5,7,12,17-19H2,1H3,(H,30,33). The van der Waals surface area contributed by atoms with E-state index in [0.29, 0.717) is 18.7 Å². The van der Waals surface area contributed by atoms with Crippen molar-refractivity contribution in [2.75, 3.05) is 13.2 Å². The fourth-order valence-electron chi connectivity index (χ4n) is 3.94. The number of rotatable bonds is 11. The molecule has 1 aromatic heterocycles. The molecule has 176 valence electrons. The Morgan fingerprint density at radius 2 is 1.82 bits per heavy atom. The molecule has 0 atom stereocenters. The summed E-state index contributed by atoms with van der Waals surface area (Å²) in [5.74, 6) is 1.94. The smallest absolute Gasteiger partial charge is 0.251 e. The first-order chi connectivity index (χ1) is 16.6. The van der Waals surface area contributed by atoms with E-state index in [4.69, 9.17) is 9.72 Å². The number of carbonyl (C=O) groups excluding carboxylic acids is 1. The van der Waals surface area contributed by atoms with Crippen LogP contribution < -0.4 is 10.1 Å². The van der Waals surface area contributed by atoms with E-state index < -0.39 is 0 Å². The second-order valence-corrected chi connectivity index (χ2v) is 9.32. The highest BCUT2D eigenvalue weighted by atomic mass is 79.9. The Morgan fingerprint density at radius 3 is 2.65 bits per heavy atom. The van der Waals surface area contributed by atoms with Gasteiger partial charge in [0.25, 0.3) is 5.91 Å². The van der Waals surface area contributed by atoms with Crippen molar-refractivity contribution < 1.29 is 9.53 Å². The molecule has 0 spiro atoms. The minimum Gasteiger partial charge on any atom is -0.494 e. The van der Waals surface area contributed by atoms with Crippen LogP contribution in [0.1, 0.15) is 41.0 Å². The predicted molar refractivity (Wildman–Crippen MR) is 140 cm³/mol. The molecule has 4 aromatic rings. The number of amides is 1. The molecule has 0 radical (unpaired) electrons. The zero-order valence-corrected chi connectivity index (χ0v) is 21.1. The molecule has 0 aliphatic carbocycles. The summed E-state index contributed by atoms with van der Waals surface area (Å²) in [6, 6.07) is 23.9. The molecule has 1 N–H and O–H groups in total. The SMILES string of the molecule is Cc1ccc(OCCCCn2c(CCCNC(=O)c3cccc(Br)c3)nc3ccccc32)cc1. The number of unbranched alkanes of at least 4 members (excludes halogenated alkanes) is 1. The summed E-state index contributed by atoms with van der Waals surface area (Å²) in [4.78, 5) is 17.2. The maximum atomic E-state index is 12.4. The second kappa shape index (κ2) is 11.8. The van der Waals surface area contributed by atoms with Crippen molar-refractivity contribution in [1.29, 1.82) is 0 Å². The molecule has 34 heavy (non-hydrogen) atoms. The zero-order chi connectivity index (χ0) is 23.8. The summed E-state index contributed by atoms with van der Waals surface area (Å²) >= 11 is 3.41. The first kappa shape index (κ1) is 24.0. The van der Waals surface area contributed by atoms with Crippen molar-refractivity contribution in [3.05, 3.63) is 94.2 Å². The van der Waals surface area contributed by atoms with Crippen molar-refractivity contribution in [2.24, 2.45) is 0 Å². The van der Waals surface area contributed by atoms with Gasteiger partial charge >= 0.3 is 0 Å². The summed E-state index contributed by atoms with van der Waals surface area (Å²) in [5, 5.41) is 3.02. The Balaban J connectivity index is 1.29. The first-order valence-electron chi connectivity index (χ1n) is 11.8. The van der Waals surface area contributed by atoms with Crippen LogP contribution in [0.3, 0.4) is 0 Å². The highest BCUT2D eigenvalue weighted by Gasteiger charge is 2.11. The van der Waals surface area contributed by atoms with E-state index in [-0.39, 0.29) is 5.91 Å². The lowest BCUT2D eigenvalue weighted by molar-refractivity contribution is 0.0953. The third kappa shape index (κ3) is 6.48. The number of nitrogens with one attached hydrogen (secondary N) is 1. The van der Waals surface area contributed by atoms with Gasteiger partial charge in [-0.2, -0.15) is 0 Å². The van der Waals surface area contributed by atoms with E-state index in [1.807, 2.05) is 42.5 Å². The monoisotopic (exact) mass is 519 g/mol. The van der Waals surface area contributed by atoms with Crippen molar-refractivity contribution in [3.63, 3.8) is 0 Å². The first-order valence-corrected chi connectivity index (χ1v) is 12.6. The van der Waals surface area contributed by atoms with Crippen LogP contribution in [0.4, 0.5) is 0 Å². The minimum absolute atomic E-state index is 0.0524. The predicted octanol–water partition coefficient (Wildman–Crippen LogP) is 6.33. The van der Waals surface area contributed by atoms with Gasteiger partial charge in [-0.3, -0.25) is 4.79 Å². The fourth-order valence-corrected chi connectivity index (χ4v) is 4.34. The lowest BCUT2D eigenvalue weighted by Crippen LogP contribution is -2.25. The molecule has 0 bridgehead atoms. The van der Waals surface area contributed by atoms with Crippen LogP contribution in [0, 0.1) is 6.92 Å². The summed E-state index contributed by atoms with van der Waals surface area (Å²) in [7, 11) is 0. The number of imidazole rings is 1. The Hall–Kier alpha value is -3.12. The molecule has 0 unspecified atom stereocenters. The van der Waals surface area contributed by atoms with E-state index >= 15 is 0 Å². The third-order valence-electron chi connectivity index (χ3n) is 5.75. The Bertz CT molecular complexity index is 1230. The third-order valence-corrected chi connectivity index (χ3v) is 6.24. The van der Waals surface area contributed by atoms with Gasteiger partial charge in [-0.15, -0.1) is 0 Å². The fraction of sp³-hybridized carbons (Fsp3) is 0.286. The minimum atomic E-state index is -0.0524. The van der Waals surface area contributed by atoms with E-state index in [1.54, 1.807) is 0 Å². The number of aromatic nitrogens is 2. The number of aryl methyl sites for hydroxylation is 3. The highest BCUT2D eigenvalue weighted by Crippen LogP contribution is 2.19. The van der Waals surface area contributed by atoms with E-state index in [9.17, 15) is 4.79 Å². The van der Waals surface area contributed by atoms with E-state index in [2.05, 4.69) is 63.1 Å². The molecule has 1 heterocycles. The molecule has 0 saturated carbocycles. The largest absolute Gasteiger partial charge is 0.494 e. The summed E-state index contributed by atoms with van der Waals surface area (Å²) in [6.07, 6.45) is 3.63. The lowest BCUT2D eigenvalue weighted by Gasteiger charge is -2.11. The number of fused-ring (bicyclic) bond motifs is 1. The molecule has 3 aromatic carbocycles. The molecule has 0 aliphatic heterocycles. The van der Waals surface area contributed by atoms with Crippen molar-refractivity contribution in [3.8, 4) is 5.75 Å². The Kier molecular flexibility index (Phi) is 8.36. The van der Waals surface area contributed by atoms with Crippen LogP contribution in [-0.2, 0) is 13.0 Å². The molecule has 1 amide bonds. The molecule has 0 saturated heterocycles. The maximum absolute atomic E-state index is 12.4. The van der Waals surface area contributed by atoms with Crippen LogP contribution >= 0.6 is 15.9 Å². The number of nitrogens with zero attached hydrogens (tertiary/aromatic N) is 2. The van der Waals surface area contributed by atoms with E-state index in [1.165, 1.54) is 5.56 Å². The van der Waals surface area contributed by atoms with Crippen molar-refractivity contribution in [2.45, 2.75) is 39.2 Å². The summed E-state index contributed by atoms with van der Waals surface area (Å²) in [5.41, 5.74) is 4.08. The van der Waals surface area contributed by atoms with Crippen LogP contribution in [0.5, 0.6) is 5.75 Å². The normalized spacial score (nSPS) is 11.0. The summed E-state index contributed by atoms with van der Waals surface area (Å²) in [6.45, 7) is 4.29. The molecular weight excluding hydrogens is 490 g/mol. The Labute approximate surface area is 209 Å². The number of halogens is 1. The Morgan fingerprint density at radius 1 is 1.00 bits per heavy atom. The van der Waals surface area contributed by atoms with Gasteiger partial charge in [0.2, 0.25) is 0 Å². The van der Waals surface area contributed by atoms with Crippen LogP contribution in [0.25, 0.3) is 11.0 Å². The van der Waals surface area contributed by atoms with E-state index in [0.717, 1.165) is 59.3 Å². The maximum Gasteiger partial charge on any atom is 0.251 e. The molecule has 6 heteroatoms. The topological polar surface area (TPSA) is 56.1 Å². The number of ether oxygens (including phenoxy) is 1. The average Bonchev–Trinajstić information content (AvgIpc) is 3.20. The number of carbonyl (C=O) groups is 1. The summed E-state index contributed by atoms with van der Waals surface area (Å²) < 4.78 is 9.09. The number of benzene rings is 3. The average molecular weight is 520 g/mol. The van der Waals surface area contributed by atoms with Gasteiger partial charge in [0, 0.05) is 29.5 Å². The van der Waals surface area contributed by atoms with Gasteiger partial charge in [0.1, 0.15) is 11.6 Å². The lowest BCUT2D eigenvalue weighted by atomic mass is 10.2. The molecule has 0 aliphatic rings. The quantitative estimate of drug-likeness (QED) is 0.235. The molecule has 4 rings (SSSR count). The van der Waals surface area contributed by atoms with Gasteiger partial charge < -0.3 is 14.6 Å². The van der Waals surface area contributed by atoms with Crippen molar-refractivity contribution >= 4 is 32.9 Å². The molecular formula is C28H30BrN3O2. The van der Waals surface area contributed by atoms with Gasteiger partial charge in [-0.1, -0.05) is 51.8 Å². The van der Waals surface area contributed by atoms with Crippen LogP contribution in [0.2, 0.25) is 0 Å². The van der Waals surface area contributed by atoms with Gasteiger partial charge in [-0.05, 0) is 68.7 Å². The van der Waals surface area contributed by atoms with Gasteiger partial charge in [0.15, 0.2) is 0 Å². The molecule has 0 fully saturated rings. The number of para-hydroxylation sites is 2. The van der Waals surface area contributed by atoms with Crippen LogP contribution in [-0.4, -0.2) is 28.6 Å².